The summed E-state index contributed by atoms with van der Waals surface area (Å²) in [6.45, 7) is 3.48. The topological polar surface area (TPSA) is 62.4 Å². The minimum atomic E-state index is 0.0689. The van der Waals surface area contributed by atoms with E-state index in [9.17, 15) is 4.79 Å². The minimum Gasteiger partial charge on any atom is -0.495 e. The first-order valence-electron chi connectivity index (χ1n) is 7.74. The summed E-state index contributed by atoms with van der Waals surface area (Å²) in [5.74, 6) is 1.49. The van der Waals surface area contributed by atoms with Crippen molar-refractivity contribution in [3.8, 4) is 5.75 Å². The smallest absolute Gasteiger partial charge is 0.221 e. The molecule has 0 aromatic heterocycles. The standard InChI is InChI=1S/C16H24ClN3O2/c1-22-15-3-2-13(17)10-14(15)19-9-6-16(21)20-8-5-12-4-7-18-11-12/h2-3,10,12,18-19H,4-9,11H2,1H3,(H,20,21). The molecule has 0 aliphatic carbocycles. The van der Waals surface area contributed by atoms with Gasteiger partial charge in [-0.05, 0) is 50.0 Å². The molecule has 1 aliphatic rings. The SMILES string of the molecule is COc1ccc(Cl)cc1NCCC(=O)NCCC1CCNC1. The third-order valence-corrected chi connectivity index (χ3v) is 4.10. The van der Waals surface area contributed by atoms with Gasteiger partial charge >= 0.3 is 0 Å². The number of rotatable bonds is 8. The molecular formula is C16H24ClN3O2. The van der Waals surface area contributed by atoms with Crippen LogP contribution in [0.3, 0.4) is 0 Å². The molecule has 1 unspecified atom stereocenters. The Kier molecular flexibility index (Phi) is 6.80. The van der Waals surface area contributed by atoms with Gasteiger partial charge in [0.25, 0.3) is 0 Å². The van der Waals surface area contributed by atoms with Gasteiger partial charge in [0.2, 0.25) is 5.91 Å². The Morgan fingerprint density at radius 2 is 2.32 bits per heavy atom. The molecule has 1 amide bonds. The number of anilines is 1. The van der Waals surface area contributed by atoms with Crippen molar-refractivity contribution in [2.45, 2.75) is 19.3 Å². The predicted octanol–water partition coefficient (Wildman–Crippen LogP) is 2.27. The largest absolute Gasteiger partial charge is 0.495 e. The van der Waals surface area contributed by atoms with Gasteiger partial charge in [0, 0.05) is 24.5 Å². The lowest BCUT2D eigenvalue weighted by molar-refractivity contribution is -0.120. The van der Waals surface area contributed by atoms with Gasteiger partial charge in [-0.3, -0.25) is 4.79 Å². The van der Waals surface area contributed by atoms with Crippen molar-refractivity contribution < 1.29 is 9.53 Å². The third kappa shape index (κ3) is 5.39. The molecule has 1 saturated heterocycles. The molecule has 1 aromatic carbocycles. The number of hydrogen-bond donors (Lipinski definition) is 3. The first-order chi connectivity index (χ1) is 10.7. The van der Waals surface area contributed by atoms with E-state index < -0.39 is 0 Å². The maximum Gasteiger partial charge on any atom is 0.221 e. The number of amides is 1. The van der Waals surface area contributed by atoms with E-state index in [1.165, 1.54) is 6.42 Å². The number of halogens is 1. The molecule has 1 aromatic rings. The lowest BCUT2D eigenvalue weighted by atomic mass is 10.1. The summed E-state index contributed by atoms with van der Waals surface area (Å²) in [5.41, 5.74) is 0.805. The van der Waals surface area contributed by atoms with Gasteiger partial charge in [-0.1, -0.05) is 11.6 Å². The first kappa shape index (κ1) is 16.9. The zero-order chi connectivity index (χ0) is 15.8. The highest BCUT2D eigenvalue weighted by Crippen LogP contribution is 2.27. The van der Waals surface area contributed by atoms with Crippen LogP contribution in [-0.2, 0) is 4.79 Å². The van der Waals surface area contributed by atoms with E-state index >= 15 is 0 Å². The maximum absolute atomic E-state index is 11.8. The Morgan fingerprint density at radius 1 is 1.45 bits per heavy atom. The van der Waals surface area contributed by atoms with Crippen LogP contribution in [0.25, 0.3) is 0 Å². The Labute approximate surface area is 136 Å². The molecule has 1 atom stereocenters. The lowest BCUT2D eigenvalue weighted by Crippen LogP contribution is -2.27. The number of carbonyl (C=O) groups excluding carboxylic acids is 1. The highest BCUT2D eigenvalue weighted by molar-refractivity contribution is 6.30. The normalized spacial score (nSPS) is 17.3. The second kappa shape index (κ2) is 8.86. The molecule has 1 fully saturated rings. The van der Waals surface area contributed by atoms with E-state index in [0.29, 0.717) is 23.9 Å². The number of nitrogens with one attached hydrogen (secondary N) is 3. The molecule has 0 spiro atoms. The minimum absolute atomic E-state index is 0.0689. The average molecular weight is 326 g/mol. The van der Waals surface area contributed by atoms with E-state index in [1.807, 2.05) is 0 Å². The second-order valence-corrected chi connectivity index (χ2v) is 5.96. The van der Waals surface area contributed by atoms with Crippen LogP contribution in [0.4, 0.5) is 5.69 Å². The lowest BCUT2D eigenvalue weighted by Gasteiger charge is -2.12. The van der Waals surface area contributed by atoms with Crippen LogP contribution >= 0.6 is 11.6 Å². The van der Waals surface area contributed by atoms with Crippen molar-refractivity contribution in [1.82, 2.24) is 10.6 Å². The van der Waals surface area contributed by atoms with Crippen molar-refractivity contribution in [3.63, 3.8) is 0 Å². The Morgan fingerprint density at radius 3 is 3.05 bits per heavy atom. The maximum atomic E-state index is 11.8. The summed E-state index contributed by atoms with van der Waals surface area (Å²) in [5, 5.41) is 10.1. The number of methoxy groups -OCH3 is 1. The quantitative estimate of drug-likeness (QED) is 0.686. The van der Waals surface area contributed by atoms with Crippen LogP contribution in [-0.4, -0.2) is 39.2 Å². The number of benzene rings is 1. The van der Waals surface area contributed by atoms with Crippen molar-refractivity contribution in [2.24, 2.45) is 5.92 Å². The van der Waals surface area contributed by atoms with Crippen molar-refractivity contribution in [3.05, 3.63) is 23.2 Å². The third-order valence-electron chi connectivity index (χ3n) is 3.87. The predicted molar refractivity (Wildman–Crippen MR) is 89.7 cm³/mol. The van der Waals surface area contributed by atoms with Gasteiger partial charge in [-0.15, -0.1) is 0 Å². The summed E-state index contributed by atoms with van der Waals surface area (Å²) >= 11 is 5.97. The van der Waals surface area contributed by atoms with E-state index in [4.69, 9.17) is 16.3 Å². The fourth-order valence-electron chi connectivity index (χ4n) is 2.59. The zero-order valence-corrected chi connectivity index (χ0v) is 13.7. The molecule has 1 aliphatic heterocycles. The summed E-state index contributed by atoms with van der Waals surface area (Å²) in [6.07, 6.45) is 2.69. The number of hydrogen-bond acceptors (Lipinski definition) is 4. The summed E-state index contributed by atoms with van der Waals surface area (Å²) < 4.78 is 5.25. The Hall–Kier alpha value is -1.46. The van der Waals surface area contributed by atoms with E-state index in [2.05, 4.69) is 16.0 Å². The molecule has 2 rings (SSSR count). The molecule has 0 radical (unpaired) electrons. The molecule has 6 heteroatoms. The van der Waals surface area contributed by atoms with Crippen LogP contribution in [0.1, 0.15) is 19.3 Å². The fraction of sp³-hybridized carbons (Fsp3) is 0.562. The molecule has 0 bridgehead atoms. The van der Waals surface area contributed by atoms with Crippen molar-refractivity contribution in [1.29, 1.82) is 0 Å². The van der Waals surface area contributed by atoms with Gasteiger partial charge in [0.05, 0.1) is 12.8 Å². The summed E-state index contributed by atoms with van der Waals surface area (Å²) in [6, 6.07) is 5.38. The Balaban J connectivity index is 1.65. The van der Waals surface area contributed by atoms with Crippen molar-refractivity contribution in [2.75, 3.05) is 38.6 Å². The molecular weight excluding hydrogens is 302 g/mol. The van der Waals surface area contributed by atoms with Gasteiger partial charge in [-0.25, -0.2) is 0 Å². The number of ether oxygens (including phenoxy) is 1. The highest BCUT2D eigenvalue weighted by atomic mass is 35.5. The van der Waals surface area contributed by atoms with E-state index in [1.54, 1.807) is 25.3 Å². The van der Waals surface area contributed by atoms with Crippen LogP contribution in [0.15, 0.2) is 18.2 Å². The van der Waals surface area contributed by atoms with E-state index in [-0.39, 0.29) is 5.91 Å². The van der Waals surface area contributed by atoms with Crippen molar-refractivity contribution >= 4 is 23.2 Å². The molecule has 5 nitrogen and oxygen atoms in total. The number of carbonyl (C=O) groups is 1. The Bertz CT molecular complexity index is 490. The molecule has 0 saturated carbocycles. The molecule has 1 heterocycles. The molecule has 122 valence electrons. The second-order valence-electron chi connectivity index (χ2n) is 5.52. The van der Waals surface area contributed by atoms with E-state index in [0.717, 1.165) is 37.5 Å². The summed E-state index contributed by atoms with van der Waals surface area (Å²) in [4.78, 5) is 11.8. The van der Waals surface area contributed by atoms with Gasteiger partial charge in [0.1, 0.15) is 5.75 Å². The van der Waals surface area contributed by atoms with Crippen LogP contribution in [0.2, 0.25) is 5.02 Å². The molecule has 22 heavy (non-hydrogen) atoms. The average Bonchev–Trinajstić information content (AvgIpc) is 3.01. The monoisotopic (exact) mass is 325 g/mol. The van der Waals surface area contributed by atoms with Crippen LogP contribution in [0.5, 0.6) is 5.75 Å². The van der Waals surface area contributed by atoms with Crippen LogP contribution in [0, 0.1) is 5.92 Å². The summed E-state index contributed by atoms with van der Waals surface area (Å²) in [7, 11) is 1.61. The van der Waals surface area contributed by atoms with Gasteiger partial charge in [-0.2, -0.15) is 0 Å². The fourth-order valence-corrected chi connectivity index (χ4v) is 2.77. The van der Waals surface area contributed by atoms with Crippen LogP contribution < -0.4 is 20.7 Å². The first-order valence-corrected chi connectivity index (χ1v) is 8.11. The van der Waals surface area contributed by atoms with Gasteiger partial charge in [0.15, 0.2) is 0 Å². The molecule has 3 N–H and O–H groups in total. The zero-order valence-electron chi connectivity index (χ0n) is 13.0. The van der Waals surface area contributed by atoms with Gasteiger partial charge < -0.3 is 20.7 Å². The highest BCUT2D eigenvalue weighted by Gasteiger charge is 2.14.